The number of amides is 1. The first kappa shape index (κ1) is 10.9. The van der Waals surface area contributed by atoms with Gasteiger partial charge in [-0.3, -0.25) is 4.79 Å². The van der Waals surface area contributed by atoms with Gasteiger partial charge in [0.2, 0.25) is 5.91 Å². The highest BCUT2D eigenvalue weighted by atomic mass is 16.1. The molecular weight excluding hydrogens is 154 g/mol. The second kappa shape index (κ2) is 4.73. The molecule has 0 rings (SSSR count). The van der Waals surface area contributed by atoms with Crippen LogP contribution >= 0.6 is 0 Å². The smallest absolute Gasteiger partial charge is 0.221 e. The number of rotatable bonds is 4. The summed E-state index contributed by atoms with van der Waals surface area (Å²) in [5, 5.41) is 11.2. The van der Waals surface area contributed by atoms with Gasteiger partial charge < -0.3 is 11.1 Å². The van der Waals surface area contributed by atoms with Crippen LogP contribution in [-0.4, -0.2) is 19.0 Å². The van der Waals surface area contributed by atoms with Crippen molar-refractivity contribution in [2.24, 2.45) is 11.1 Å². The molecule has 0 aromatic carbocycles. The van der Waals surface area contributed by atoms with Crippen LogP contribution < -0.4 is 11.1 Å². The van der Waals surface area contributed by atoms with Crippen molar-refractivity contribution in [2.45, 2.75) is 20.3 Å². The number of carbonyl (C=O) groups excluding carboxylic acids is 1. The van der Waals surface area contributed by atoms with E-state index in [1.54, 1.807) is 13.8 Å². The zero-order valence-corrected chi connectivity index (χ0v) is 7.55. The molecule has 3 N–H and O–H groups in total. The number of nitriles is 1. The first-order chi connectivity index (χ1) is 5.52. The first-order valence-corrected chi connectivity index (χ1v) is 3.90. The number of nitrogens with zero attached hydrogens (tertiary/aromatic N) is 1. The maximum atomic E-state index is 10.9. The van der Waals surface area contributed by atoms with Crippen molar-refractivity contribution in [2.75, 3.05) is 13.1 Å². The van der Waals surface area contributed by atoms with Crippen LogP contribution in [-0.2, 0) is 4.79 Å². The lowest BCUT2D eigenvalue weighted by molar-refractivity contribution is -0.121. The van der Waals surface area contributed by atoms with Crippen LogP contribution in [0.2, 0.25) is 0 Å². The van der Waals surface area contributed by atoms with Gasteiger partial charge in [-0.15, -0.1) is 0 Å². The topological polar surface area (TPSA) is 78.9 Å². The van der Waals surface area contributed by atoms with Crippen LogP contribution in [0.1, 0.15) is 20.3 Å². The Kier molecular flexibility index (Phi) is 4.30. The minimum Gasteiger partial charge on any atom is -0.354 e. The van der Waals surface area contributed by atoms with E-state index in [9.17, 15) is 4.79 Å². The fourth-order valence-corrected chi connectivity index (χ4v) is 0.579. The Balaban J connectivity index is 3.70. The van der Waals surface area contributed by atoms with E-state index in [0.29, 0.717) is 19.5 Å². The van der Waals surface area contributed by atoms with Crippen LogP contribution in [0.15, 0.2) is 0 Å². The van der Waals surface area contributed by atoms with Crippen molar-refractivity contribution in [1.82, 2.24) is 5.32 Å². The molecule has 0 bridgehead atoms. The van der Waals surface area contributed by atoms with E-state index in [-0.39, 0.29) is 5.91 Å². The van der Waals surface area contributed by atoms with Gasteiger partial charge in [0, 0.05) is 19.5 Å². The fraction of sp³-hybridized carbons (Fsp3) is 0.750. The van der Waals surface area contributed by atoms with Crippen LogP contribution in [0, 0.1) is 16.7 Å². The lowest BCUT2D eigenvalue weighted by atomic mass is 9.96. The Hall–Kier alpha value is -1.08. The molecule has 0 spiro atoms. The maximum absolute atomic E-state index is 10.9. The van der Waals surface area contributed by atoms with Crippen molar-refractivity contribution >= 4 is 5.91 Å². The molecule has 0 aromatic rings. The molecule has 4 nitrogen and oxygen atoms in total. The average Bonchev–Trinajstić information content (AvgIpc) is 2.02. The lowest BCUT2D eigenvalue weighted by Crippen LogP contribution is -2.34. The normalized spacial score (nSPS) is 10.5. The molecule has 0 saturated heterocycles. The Morgan fingerprint density at radius 1 is 1.67 bits per heavy atom. The average molecular weight is 169 g/mol. The van der Waals surface area contributed by atoms with Crippen molar-refractivity contribution < 1.29 is 4.79 Å². The zero-order valence-electron chi connectivity index (χ0n) is 7.55. The number of nitrogens with one attached hydrogen (secondary N) is 1. The fourth-order valence-electron chi connectivity index (χ4n) is 0.579. The highest BCUT2D eigenvalue weighted by molar-refractivity contribution is 5.76. The van der Waals surface area contributed by atoms with Crippen LogP contribution in [0.25, 0.3) is 0 Å². The molecule has 0 unspecified atom stereocenters. The number of nitrogens with two attached hydrogens (primary N) is 1. The molecule has 0 radical (unpaired) electrons. The number of carbonyl (C=O) groups is 1. The molecule has 0 heterocycles. The van der Waals surface area contributed by atoms with E-state index in [0.717, 1.165) is 0 Å². The first-order valence-electron chi connectivity index (χ1n) is 3.90. The monoisotopic (exact) mass is 169 g/mol. The van der Waals surface area contributed by atoms with Gasteiger partial charge in [-0.05, 0) is 13.8 Å². The molecule has 0 fully saturated rings. The Labute approximate surface area is 72.7 Å². The third-order valence-electron chi connectivity index (χ3n) is 1.40. The second-order valence-electron chi connectivity index (χ2n) is 3.31. The van der Waals surface area contributed by atoms with Gasteiger partial charge in [-0.1, -0.05) is 0 Å². The van der Waals surface area contributed by atoms with Crippen molar-refractivity contribution in [3.05, 3.63) is 0 Å². The van der Waals surface area contributed by atoms with E-state index in [1.165, 1.54) is 0 Å². The van der Waals surface area contributed by atoms with Gasteiger partial charge >= 0.3 is 0 Å². The van der Waals surface area contributed by atoms with E-state index in [1.807, 2.05) is 0 Å². The van der Waals surface area contributed by atoms with Gasteiger partial charge in [0.15, 0.2) is 0 Å². The third kappa shape index (κ3) is 4.69. The van der Waals surface area contributed by atoms with Crippen molar-refractivity contribution in [3.63, 3.8) is 0 Å². The maximum Gasteiger partial charge on any atom is 0.221 e. The molecule has 0 aliphatic rings. The predicted molar refractivity (Wildman–Crippen MR) is 46.1 cm³/mol. The van der Waals surface area contributed by atoms with Crippen LogP contribution in [0.4, 0.5) is 0 Å². The lowest BCUT2D eigenvalue weighted by Gasteiger charge is -2.15. The molecule has 0 atom stereocenters. The van der Waals surface area contributed by atoms with Crippen LogP contribution in [0.5, 0.6) is 0 Å². The molecule has 12 heavy (non-hydrogen) atoms. The van der Waals surface area contributed by atoms with E-state index in [4.69, 9.17) is 11.0 Å². The second-order valence-corrected chi connectivity index (χ2v) is 3.31. The van der Waals surface area contributed by atoms with E-state index < -0.39 is 5.41 Å². The Bertz CT molecular complexity index is 193. The summed E-state index contributed by atoms with van der Waals surface area (Å²) < 4.78 is 0. The molecule has 0 aliphatic heterocycles. The van der Waals surface area contributed by atoms with E-state index >= 15 is 0 Å². The minimum atomic E-state index is -0.496. The molecule has 0 saturated carbocycles. The van der Waals surface area contributed by atoms with Crippen LogP contribution in [0.3, 0.4) is 0 Å². The summed E-state index contributed by atoms with van der Waals surface area (Å²) in [4.78, 5) is 10.9. The molecule has 0 aliphatic carbocycles. The largest absolute Gasteiger partial charge is 0.354 e. The summed E-state index contributed by atoms with van der Waals surface area (Å²) in [7, 11) is 0. The van der Waals surface area contributed by atoms with Gasteiger partial charge in [0.05, 0.1) is 11.5 Å². The summed E-state index contributed by atoms with van der Waals surface area (Å²) in [6, 6.07) is 2.09. The molecule has 4 heteroatoms. The van der Waals surface area contributed by atoms with Crippen molar-refractivity contribution in [3.8, 4) is 6.07 Å². The summed E-state index contributed by atoms with van der Waals surface area (Å²) in [5.74, 6) is -0.0965. The summed E-state index contributed by atoms with van der Waals surface area (Å²) in [5.41, 5.74) is 4.68. The SMILES string of the molecule is CC(C)(C#N)CNC(=O)CCN. The summed E-state index contributed by atoms with van der Waals surface area (Å²) in [6.07, 6.45) is 0.321. The van der Waals surface area contributed by atoms with Gasteiger partial charge in [-0.2, -0.15) is 5.26 Å². The Morgan fingerprint density at radius 3 is 2.67 bits per heavy atom. The zero-order chi connectivity index (χ0) is 9.61. The third-order valence-corrected chi connectivity index (χ3v) is 1.40. The number of hydrogen-bond acceptors (Lipinski definition) is 3. The standard InChI is InChI=1S/C8H15N3O/c1-8(2,5-10)6-11-7(12)3-4-9/h3-4,6,9H2,1-2H3,(H,11,12). The quantitative estimate of drug-likeness (QED) is 0.621. The minimum absolute atomic E-state index is 0.0965. The van der Waals surface area contributed by atoms with Crippen molar-refractivity contribution in [1.29, 1.82) is 5.26 Å². The van der Waals surface area contributed by atoms with Gasteiger partial charge in [0.1, 0.15) is 0 Å². The Morgan fingerprint density at radius 2 is 2.25 bits per heavy atom. The highest BCUT2D eigenvalue weighted by Gasteiger charge is 2.16. The molecule has 68 valence electrons. The summed E-state index contributed by atoms with van der Waals surface area (Å²) >= 11 is 0. The highest BCUT2D eigenvalue weighted by Crippen LogP contribution is 2.10. The molecule has 1 amide bonds. The molecule has 0 aromatic heterocycles. The van der Waals surface area contributed by atoms with E-state index in [2.05, 4.69) is 11.4 Å². The van der Waals surface area contributed by atoms with Gasteiger partial charge in [0.25, 0.3) is 0 Å². The number of hydrogen-bond donors (Lipinski definition) is 2. The molecular formula is C8H15N3O. The summed E-state index contributed by atoms with van der Waals surface area (Å²) in [6.45, 7) is 4.27. The predicted octanol–water partition coefficient (Wildman–Crippen LogP) is 0.00118. The van der Waals surface area contributed by atoms with Gasteiger partial charge in [-0.25, -0.2) is 0 Å².